The molecule has 1 aliphatic rings. The maximum absolute atomic E-state index is 13.5. The molecule has 32 heavy (non-hydrogen) atoms. The summed E-state index contributed by atoms with van der Waals surface area (Å²) in [5, 5.41) is 2.46. The van der Waals surface area contributed by atoms with E-state index in [-0.39, 0.29) is 30.1 Å². The third-order valence-corrected chi connectivity index (χ3v) is 5.70. The quantitative estimate of drug-likeness (QED) is 0.369. The van der Waals surface area contributed by atoms with E-state index in [1.807, 2.05) is 0 Å². The minimum absolute atomic E-state index is 0.00421. The number of carbonyl (C=O) groups excluding carboxylic acids is 2. The van der Waals surface area contributed by atoms with Crippen LogP contribution in [-0.2, 0) is 22.6 Å². The van der Waals surface area contributed by atoms with Crippen LogP contribution in [0.15, 0.2) is 30.3 Å². The van der Waals surface area contributed by atoms with Crippen molar-refractivity contribution in [3.63, 3.8) is 0 Å². The van der Waals surface area contributed by atoms with E-state index in [2.05, 4.69) is 5.32 Å². The second-order valence-corrected chi connectivity index (χ2v) is 8.38. The van der Waals surface area contributed by atoms with Crippen LogP contribution in [0.1, 0.15) is 23.1 Å². The van der Waals surface area contributed by atoms with Crippen molar-refractivity contribution < 1.29 is 27.2 Å². The molecule has 1 saturated heterocycles. The maximum Gasteiger partial charge on any atom is 0.224 e. The molecular formula is C22H25F4N3O2S. The molecule has 2 aromatic rings. The lowest BCUT2D eigenvalue weighted by Gasteiger charge is -2.18. The van der Waals surface area contributed by atoms with Gasteiger partial charge in [-0.3, -0.25) is 9.59 Å². The molecule has 0 aliphatic carbocycles. The summed E-state index contributed by atoms with van der Waals surface area (Å²) in [4.78, 5) is 23.5. The molecule has 3 rings (SSSR count). The van der Waals surface area contributed by atoms with Gasteiger partial charge in [0.25, 0.3) is 0 Å². The molecule has 10 heteroatoms. The molecule has 1 heterocycles. The lowest BCUT2D eigenvalue weighted by Crippen LogP contribution is -2.35. The van der Waals surface area contributed by atoms with Crippen molar-refractivity contribution in [2.45, 2.75) is 32.4 Å². The van der Waals surface area contributed by atoms with Crippen LogP contribution in [0.3, 0.4) is 0 Å². The number of aryl methyl sites for hydroxylation is 1. The van der Waals surface area contributed by atoms with Gasteiger partial charge in [-0.25, -0.2) is 17.6 Å². The Morgan fingerprint density at radius 2 is 1.88 bits per heavy atom. The average molecular weight is 472 g/mol. The van der Waals surface area contributed by atoms with Gasteiger partial charge in [0.05, 0.1) is 5.88 Å². The van der Waals surface area contributed by atoms with Gasteiger partial charge in [-0.15, -0.1) is 11.8 Å². The van der Waals surface area contributed by atoms with Gasteiger partial charge in [0.1, 0.15) is 11.6 Å². The first-order chi connectivity index (χ1) is 15.2. The summed E-state index contributed by atoms with van der Waals surface area (Å²) >= 11 is 1.66. The van der Waals surface area contributed by atoms with Crippen LogP contribution in [-0.4, -0.2) is 41.4 Å². The van der Waals surface area contributed by atoms with Crippen molar-refractivity contribution in [1.29, 1.82) is 0 Å². The zero-order chi connectivity index (χ0) is 23.7. The highest BCUT2D eigenvalue weighted by molar-refractivity contribution is 7.99. The average Bonchev–Trinajstić information content (AvgIpc) is 3.28. The molecule has 0 radical (unpaired) electrons. The van der Waals surface area contributed by atoms with Gasteiger partial charge in [-0.1, -0.05) is 12.1 Å². The summed E-state index contributed by atoms with van der Waals surface area (Å²) in [5.41, 5.74) is 7.16. The molecule has 1 unspecified atom stereocenters. The van der Waals surface area contributed by atoms with E-state index in [1.54, 1.807) is 35.7 Å². The number of nitrogens with zero attached hydrogens (tertiary/aromatic N) is 1. The molecule has 3 N–H and O–H groups in total. The first kappa shape index (κ1) is 25.7. The number of rotatable bonds is 7. The first-order valence-corrected chi connectivity index (χ1v) is 11.0. The normalized spacial score (nSPS) is 13.9. The summed E-state index contributed by atoms with van der Waals surface area (Å²) in [6, 6.07) is 5.57. The van der Waals surface area contributed by atoms with Crippen molar-refractivity contribution in [3.8, 4) is 0 Å². The van der Waals surface area contributed by atoms with Crippen molar-refractivity contribution in [1.82, 2.24) is 10.2 Å². The van der Waals surface area contributed by atoms with Gasteiger partial charge >= 0.3 is 0 Å². The number of hydrogen-bond donors (Lipinski definition) is 2. The lowest BCUT2D eigenvalue weighted by molar-refractivity contribution is -0.130. The van der Waals surface area contributed by atoms with E-state index in [1.165, 1.54) is 6.07 Å². The standard InChI is InChI=1S/C13H15F3N2OS.C9H10FNO/c14-10-6-12(16)11(15)4-8(10)3-9(17)5-13(19)18-1-2-20-7-18;1-7-2-3-8(4-9(7)10)5-11-6-12/h4,6,9H,1-3,5,7,17H2;2-4,6H,5H2,1H3,(H,11,12). The zero-order valence-corrected chi connectivity index (χ0v) is 18.4. The van der Waals surface area contributed by atoms with E-state index in [0.29, 0.717) is 37.0 Å². The Hall–Kier alpha value is -2.59. The minimum atomic E-state index is -1.23. The van der Waals surface area contributed by atoms with E-state index < -0.39 is 23.5 Å². The molecular weight excluding hydrogens is 446 g/mol. The Morgan fingerprint density at radius 3 is 2.50 bits per heavy atom. The van der Waals surface area contributed by atoms with Crippen LogP contribution in [0, 0.1) is 30.2 Å². The van der Waals surface area contributed by atoms with Gasteiger partial charge in [-0.05, 0) is 42.2 Å². The summed E-state index contributed by atoms with van der Waals surface area (Å²) < 4.78 is 52.2. The molecule has 1 fully saturated rings. The maximum atomic E-state index is 13.5. The molecule has 1 atom stereocenters. The van der Waals surface area contributed by atoms with E-state index in [4.69, 9.17) is 5.73 Å². The summed E-state index contributed by atoms with van der Waals surface area (Å²) in [7, 11) is 0. The fourth-order valence-corrected chi connectivity index (χ4v) is 3.92. The van der Waals surface area contributed by atoms with Crippen LogP contribution in [0.25, 0.3) is 0 Å². The Balaban J connectivity index is 0.000000258. The van der Waals surface area contributed by atoms with Crippen LogP contribution >= 0.6 is 11.8 Å². The molecule has 0 bridgehead atoms. The number of nitrogens with two attached hydrogens (primary N) is 1. The highest BCUT2D eigenvalue weighted by Gasteiger charge is 2.21. The summed E-state index contributed by atoms with van der Waals surface area (Å²) in [6.45, 7) is 2.77. The topological polar surface area (TPSA) is 75.4 Å². The molecule has 2 amide bonds. The van der Waals surface area contributed by atoms with E-state index in [0.717, 1.165) is 17.4 Å². The van der Waals surface area contributed by atoms with Gasteiger partial charge in [0.15, 0.2) is 11.6 Å². The zero-order valence-electron chi connectivity index (χ0n) is 17.5. The molecule has 174 valence electrons. The predicted molar refractivity (Wildman–Crippen MR) is 116 cm³/mol. The fraction of sp³-hybridized carbons (Fsp3) is 0.364. The molecule has 0 spiro atoms. The second-order valence-electron chi connectivity index (χ2n) is 7.30. The van der Waals surface area contributed by atoms with Crippen molar-refractivity contribution >= 4 is 24.1 Å². The number of thioether (sulfide) groups is 1. The van der Waals surface area contributed by atoms with Gasteiger partial charge in [-0.2, -0.15) is 0 Å². The number of carbonyl (C=O) groups is 2. The Kier molecular flexibility index (Phi) is 9.98. The Labute approximate surface area is 188 Å². The van der Waals surface area contributed by atoms with Gasteiger partial charge in [0, 0.05) is 37.4 Å². The highest BCUT2D eigenvalue weighted by Crippen LogP contribution is 2.18. The third-order valence-electron chi connectivity index (χ3n) is 4.74. The SMILES string of the molecule is Cc1ccc(CNC=O)cc1F.NC(CC(=O)N1CCSC1)Cc1cc(F)c(F)cc1F. The van der Waals surface area contributed by atoms with Crippen LogP contribution in [0.2, 0.25) is 0 Å². The minimum Gasteiger partial charge on any atom is -0.355 e. The van der Waals surface area contributed by atoms with Crippen LogP contribution in [0.5, 0.6) is 0 Å². The van der Waals surface area contributed by atoms with Crippen molar-refractivity contribution in [2.24, 2.45) is 5.73 Å². The van der Waals surface area contributed by atoms with E-state index in [9.17, 15) is 27.2 Å². The third kappa shape index (κ3) is 7.83. The second kappa shape index (κ2) is 12.4. The molecule has 0 aromatic heterocycles. The number of halogens is 4. The highest BCUT2D eigenvalue weighted by atomic mass is 32.2. The van der Waals surface area contributed by atoms with Crippen molar-refractivity contribution in [3.05, 3.63) is 70.3 Å². The van der Waals surface area contributed by atoms with Crippen LogP contribution in [0.4, 0.5) is 17.6 Å². The number of amides is 2. The Morgan fingerprint density at radius 1 is 1.16 bits per heavy atom. The largest absolute Gasteiger partial charge is 0.355 e. The van der Waals surface area contributed by atoms with Crippen molar-refractivity contribution in [2.75, 3.05) is 18.2 Å². The fourth-order valence-electron chi connectivity index (χ4n) is 2.94. The summed E-state index contributed by atoms with van der Waals surface area (Å²) in [6.07, 6.45) is 0.659. The predicted octanol–water partition coefficient (Wildman–Crippen LogP) is 3.28. The van der Waals surface area contributed by atoms with Crippen LogP contribution < -0.4 is 11.1 Å². The first-order valence-electron chi connectivity index (χ1n) is 9.87. The smallest absolute Gasteiger partial charge is 0.224 e. The molecule has 5 nitrogen and oxygen atoms in total. The van der Waals surface area contributed by atoms with Gasteiger partial charge in [0.2, 0.25) is 12.3 Å². The monoisotopic (exact) mass is 471 g/mol. The number of benzene rings is 2. The number of nitrogens with one attached hydrogen (secondary N) is 1. The van der Waals surface area contributed by atoms with E-state index >= 15 is 0 Å². The molecule has 2 aromatic carbocycles. The molecule has 0 saturated carbocycles. The Bertz CT molecular complexity index is 940. The molecule has 1 aliphatic heterocycles. The lowest BCUT2D eigenvalue weighted by atomic mass is 10.0. The summed E-state index contributed by atoms with van der Waals surface area (Å²) in [5.74, 6) is -1.97. The van der Waals surface area contributed by atoms with Gasteiger partial charge < -0.3 is 16.0 Å². The number of hydrogen-bond acceptors (Lipinski definition) is 4.